The Morgan fingerprint density at radius 2 is 2.04 bits per heavy atom. The second-order valence-corrected chi connectivity index (χ2v) is 7.98. The summed E-state index contributed by atoms with van der Waals surface area (Å²) in [6, 6.07) is 3.77. The van der Waals surface area contributed by atoms with E-state index in [2.05, 4.69) is 15.6 Å². The predicted molar refractivity (Wildman–Crippen MR) is 98.7 cm³/mol. The third-order valence-corrected chi connectivity index (χ3v) is 5.85. The minimum Gasteiger partial charge on any atom is -0.349 e. The maximum Gasteiger partial charge on any atom is 0.254 e. The second-order valence-electron chi connectivity index (χ2n) is 6.65. The predicted octanol–water partition coefficient (Wildman–Crippen LogP) is 1.67. The molecule has 6 nitrogen and oxygen atoms in total. The SMILES string of the molecule is CC(Sc1ncccc1C(=O)NC1CCNCC1)C(=O)N1CCCC1. The maximum atomic E-state index is 12.7. The number of piperidine rings is 1. The van der Waals surface area contributed by atoms with Crippen LogP contribution in [0.5, 0.6) is 0 Å². The summed E-state index contributed by atoms with van der Waals surface area (Å²) in [5.74, 6) is 0.0428. The average molecular weight is 362 g/mol. The topological polar surface area (TPSA) is 74.3 Å². The van der Waals surface area contributed by atoms with Gasteiger partial charge in [0.2, 0.25) is 5.91 Å². The van der Waals surface area contributed by atoms with E-state index in [1.165, 1.54) is 11.8 Å². The first-order chi connectivity index (χ1) is 12.1. The van der Waals surface area contributed by atoms with Crippen LogP contribution in [0.4, 0.5) is 0 Å². The standard InChI is InChI=1S/C18H26N4O2S/c1-13(18(24)22-11-2-3-12-22)25-17-15(5-4-8-20-17)16(23)21-14-6-9-19-10-7-14/h4-5,8,13-14,19H,2-3,6-7,9-12H2,1H3,(H,21,23). The van der Waals surface area contributed by atoms with Gasteiger partial charge in [-0.15, -0.1) is 0 Å². The molecule has 0 spiro atoms. The van der Waals surface area contributed by atoms with Crippen LogP contribution in [-0.4, -0.2) is 59.2 Å². The number of likely N-dealkylation sites (tertiary alicyclic amines) is 1. The van der Waals surface area contributed by atoms with Crippen molar-refractivity contribution >= 4 is 23.6 Å². The number of hydrogen-bond acceptors (Lipinski definition) is 5. The molecule has 2 amide bonds. The van der Waals surface area contributed by atoms with Gasteiger partial charge in [-0.1, -0.05) is 11.8 Å². The number of nitrogens with one attached hydrogen (secondary N) is 2. The molecule has 3 rings (SSSR count). The zero-order valence-corrected chi connectivity index (χ0v) is 15.5. The van der Waals surface area contributed by atoms with Crippen molar-refractivity contribution in [3.8, 4) is 0 Å². The smallest absolute Gasteiger partial charge is 0.254 e. The number of thioether (sulfide) groups is 1. The van der Waals surface area contributed by atoms with E-state index in [0.717, 1.165) is 51.9 Å². The van der Waals surface area contributed by atoms with Crippen LogP contribution in [0.2, 0.25) is 0 Å². The molecule has 1 unspecified atom stereocenters. The summed E-state index contributed by atoms with van der Waals surface area (Å²) in [6.45, 7) is 5.44. The number of pyridine rings is 1. The highest BCUT2D eigenvalue weighted by molar-refractivity contribution is 8.00. The first-order valence-corrected chi connectivity index (χ1v) is 9.95. The van der Waals surface area contributed by atoms with Gasteiger partial charge in [0, 0.05) is 25.3 Å². The van der Waals surface area contributed by atoms with Gasteiger partial charge in [-0.3, -0.25) is 9.59 Å². The lowest BCUT2D eigenvalue weighted by Gasteiger charge is -2.24. The van der Waals surface area contributed by atoms with Gasteiger partial charge in [0.1, 0.15) is 5.03 Å². The van der Waals surface area contributed by atoms with Crippen molar-refractivity contribution < 1.29 is 9.59 Å². The lowest BCUT2D eigenvalue weighted by atomic mass is 10.1. The molecule has 2 aliphatic rings. The molecule has 2 saturated heterocycles. The number of rotatable bonds is 5. The zero-order chi connectivity index (χ0) is 17.6. The molecule has 1 atom stereocenters. The molecule has 1 aromatic heterocycles. The fourth-order valence-corrected chi connectivity index (χ4v) is 4.29. The van der Waals surface area contributed by atoms with E-state index in [4.69, 9.17) is 0 Å². The summed E-state index contributed by atoms with van der Waals surface area (Å²) >= 11 is 1.38. The summed E-state index contributed by atoms with van der Waals surface area (Å²) in [6.07, 6.45) is 5.72. The summed E-state index contributed by atoms with van der Waals surface area (Å²) in [5.41, 5.74) is 0.562. The Kier molecular flexibility index (Phi) is 6.31. The van der Waals surface area contributed by atoms with Gasteiger partial charge in [0.15, 0.2) is 0 Å². The van der Waals surface area contributed by atoms with Crippen LogP contribution in [-0.2, 0) is 4.79 Å². The number of carbonyl (C=O) groups excluding carboxylic acids is 2. The molecule has 1 aromatic rings. The molecule has 0 saturated carbocycles. The normalized spacial score (nSPS) is 19.6. The molecule has 136 valence electrons. The molecule has 0 aromatic carbocycles. The van der Waals surface area contributed by atoms with E-state index in [9.17, 15) is 9.59 Å². The monoisotopic (exact) mass is 362 g/mol. The van der Waals surface area contributed by atoms with E-state index in [1.807, 2.05) is 11.8 Å². The van der Waals surface area contributed by atoms with Gasteiger partial charge in [0.05, 0.1) is 10.8 Å². The molecule has 2 aliphatic heterocycles. The van der Waals surface area contributed by atoms with E-state index < -0.39 is 0 Å². The van der Waals surface area contributed by atoms with Crippen LogP contribution in [0.15, 0.2) is 23.4 Å². The van der Waals surface area contributed by atoms with Crippen LogP contribution >= 0.6 is 11.8 Å². The molecular weight excluding hydrogens is 336 g/mol. The third-order valence-electron chi connectivity index (χ3n) is 4.74. The molecule has 2 N–H and O–H groups in total. The Morgan fingerprint density at radius 3 is 2.76 bits per heavy atom. The van der Waals surface area contributed by atoms with Crippen molar-refractivity contribution in [1.29, 1.82) is 0 Å². The average Bonchev–Trinajstić information content (AvgIpc) is 3.17. The highest BCUT2D eigenvalue weighted by Crippen LogP contribution is 2.27. The Labute approximate surface area is 153 Å². The Bertz CT molecular complexity index is 613. The molecule has 2 fully saturated rings. The van der Waals surface area contributed by atoms with Gasteiger partial charge < -0.3 is 15.5 Å². The minimum atomic E-state index is -0.238. The molecule has 25 heavy (non-hydrogen) atoms. The van der Waals surface area contributed by atoms with Crippen molar-refractivity contribution in [3.63, 3.8) is 0 Å². The minimum absolute atomic E-state index is 0.0941. The van der Waals surface area contributed by atoms with Gasteiger partial charge in [-0.2, -0.15) is 0 Å². The van der Waals surface area contributed by atoms with Gasteiger partial charge in [0.25, 0.3) is 5.91 Å². The van der Waals surface area contributed by atoms with Crippen molar-refractivity contribution in [2.45, 2.75) is 48.9 Å². The quantitative estimate of drug-likeness (QED) is 0.780. The van der Waals surface area contributed by atoms with Crippen molar-refractivity contribution in [2.24, 2.45) is 0 Å². The number of aromatic nitrogens is 1. The Balaban J connectivity index is 1.65. The van der Waals surface area contributed by atoms with Crippen LogP contribution in [0.3, 0.4) is 0 Å². The van der Waals surface area contributed by atoms with Gasteiger partial charge in [-0.05, 0) is 57.8 Å². The fourth-order valence-electron chi connectivity index (χ4n) is 3.30. The maximum absolute atomic E-state index is 12.7. The van der Waals surface area contributed by atoms with Crippen LogP contribution < -0.4 is 10.6 Å². The lowest BCUT2D eigenvalue weighted by Crippen LogP contribution is -2.42. The van der Waals surface area contributed by atoms with Crippen molar-refractivity contribution in [1.82, 2.24) is 20.5 Å². The zero-order valence-electron chi connectivity index (χ0n) is 14.7. The lowest BCUT2D eigenvalue weighted by molar-refractivity contribution is -0.129. The largest absolute Gasteiger partial charge is 0.349 e. The molecule has 3 heterocycles. The number of amides is 2. The summed E-state index contributed by atoms with van der Waals surface area (Å²) in [7, 11) is 0. The van der Waals surface area contributed by atoms with Gasteiger partial charge in [-0.25, -0.2) is 4.98 Å². The molecular formula is C18H26N4O2S. The van der Waals surface area contributed by atoms with Gasteiger partial charge >= 0.3 is 0 Å². The summed E-state index contributed by atoms with van der Waals surface area (Å²) in [4.78, 5) is 31.5. The van der Waals surface area contributed by atoms with Crippen LogP contribution in [0, 0.1) is 0 Å². The van der Waals surface area contributed by atoms with E-state index in [1.54, 1.807) is 18.3 Å². The number of hydrogen-bond donors (Lipinski definition) is 2. The first kappa shape index (κ1) is 18.2. The Morgan fingerprint density at radius 1 is 1.32 bits per heavy atom. The number of nitrogens with zero attached hydrogens (tertiary/aromatic N) is 2. The molecule has 7 heteroatoms. The van der Waals surface area contributed by atoms with Crippen LogP contribution in [0.1, 0.15) is 43.0 Å². The fraction of sp³-hybridized carbons (Fsp3) is 0.611. The van der Waals surface area contributed by atoms with Crippen LogP contribution in [0.25, 0.3) is 0 Å². The Hall–Kier alpha value is -1.60. The highest BCUT2D eigenvalue weighted by Gasteiger charge is 2.26. The van der Waals surface area contributed by atoms with Crippen molar-refractivity contribution in [2.75, 3.05) is 26.2 Å². The molecule has 0 radical (unpaired) electrons. The van der Waals surface area contributed by atoms with E-state index in [0.29, 0.717) is 10.6 Å². The van der Waals surface area contributed by atoms with Crippen molar-refractivity contribution in [3.05, 3.63) is 23.9 Å². The summed E-state index contributed by atoms with van der Waals surface area (Å²) in [5, 5.41) is 6.80. The van der Waals surface area contributed by atoms with E-state index >= 15 is 0 Å². The van der Waals surface area contributed by atoms with E-state index in [-0.39, 0.29) is 23.1 Å². The second kappa shape index (κ2) is 8.67. The summed E-state index contributed by atoms with van der Waals surface area (Å²) < 4.78 is 0. The number of carbonyl (C=O) groups is 2. The first-order valence-electron chi connectivity index (χ1n) is 9.07. The highest BCUT2D eigenvalue weighted by atomic mass is 32.2. The third kappa shape index (κ3) is 4.73. The molecule has 0 aliphatic carbocycles. The molecule has 0 bridgehead atoms.